The molecule has 0 aliphatic rings. The zero-order chi connectivity index (χ0) is 11.6. The highest BCUT2D eigenvalue weighted by molar-refractivity contribution is 5.76. The molecule has 1 rings (SSSR count). The van der Waals surface area contributed by atoms with Crippen LogP contribution >= 0.6 is 0 Å². The number of aryl methyl sites for hydroxylation is 1. The van der Waals surface area contributed by atoms with Crippen LogP contribution in [0.15, 0.2) is 24.4 Å². The van der Waals surface area contributed by atoms with Crippen molar-refractivity contribution in [3.8, 4) is 0 Å². The standard InChI is InChI=1S/C13H20N2O/c1-2-3-5-11-15-13(16)9-8-12-7-4-6-10-14-12/h4,6-7,10H,2-3,5,8-9,11H2,1H3,(H,15,16). The van der Waals surface area contributed by atoms with Crippen LogP contribution in [0.25, 0.3) is 0 Å². The second-order valence-electron chi connectivity index (χ2n) is 3.88. The number of nitrogens with zero attached hydrogens (tertiary/aromatic N) is 1. The number of nitrogens with one attached hydrogen (secondary N) is 1. The largest absolute Gasteiger partial charge is 0.356 e. The van der Waals surface area contributed by atoms with Crippen LogP contribution in [0.5, 0.6) is 0 Å². The first-order valence-electron chi connectivity index (χ1n) is 5.99. The highest BCUT2D eigenvalue weighted by Crippen LogP contribution is 1.98. The van der Waals surface area contributed by atoms with Crippen molar-refractivity contribution in [1.82, 2.24) is 10.3 Å². The SMILES string of the molecule is CCCCCNC(=O)CCc1ccccn1. The van der Waals surface area contributed by atoms with Gasteiger partial charge in [0, 0.05) is 24.9 Å². The van der Waals surface area contributed by atoms with Crippen LogP contribution in [0.2, 0.25) is 0 Å². The van der Waals surface area contributed by atoms with Crippen LogP contribution in [-0.4, -0.2) is 17.4 Å². The summed E-state index contributed by atoms with van der Waals surface area (Å²) in [5.74, 6) is 0.127. The first kappa shape index (κ1) is 12.7. The van der Waals surface area contributed by atoms with E-state index in [-0.39, 0.29) is 5.91 Å². The highest BCUT2D eigenvalue weighted by Gasteiger charge is 2.01. The topological polar surface area (TPSA) is 42.0 Å². The molecule has 0 aliphatic heterocycles. The van der Waals surface area contributed by atoms with Crippen molar-refractivity contribution in [1.29, 1.82) is 0 Å². The minimum atomic E-state index is 0.127. The van der Waals surface area contributed by atoms with E-state index < -0.39 is 0 Å². The maximum Gasteiger partial charge on any atom is 0.220 e. The maximum atomic E-state index is 11.4. The number of pyridine rings is 1. The molecular weight excluding hydrogens is 200 g/mol. The quantitative estimate of drug-likeness (QED) is 0.716. The van der Waals surface area contributed by atoms with Crippen LogP contribution < -0.4 is 5.32 Å². The fourth-order valence-electron chi connectivity index (χ4n) is 1.48. The van der Waals surface area contributed by atoms with E-state index >= 15 is 0 Å². The third kappa shape index (κ3) is 5.49. The highest BCUT2D eigenvalue weighted by atomic mass is 16.1. The van der Waals surface area contributed by atoms with Gasteiger partial charge in [-0.2, -0.15) is 0 Å². The molecule has 88 valence electrons. The Bertz CT molecular complexity index is 298. The van der Waals surface area contributed by atoms with Gasteiger partial charge in [-0.05, 0) is 25.0 Å². The van der Waals surface area contributed by atoms with E-state index in [4.69, 9.17) is 0 Å². The molecule has 1 amide bonds. The lowest BCUT2D eigenvalue weighted by Gasteiger charge is -2.04. The minimum Gasteiger partial charge on any atom is -0.356 e. The average Bonchev–Trinajstić information content (AvgIpc) is 2.33. The van der Waals surface area contributed by atoms with Gasteiger partial charge in [0.2, 0.25) is 5.91 Å². The molecule has 1 aromatic rings. The van der Waals surface area contributed by atoms with Crippen molar-refractivity contribution in [2.45, 2.75) is 39.0 Å². The number of hydrogen-bond donors (Lipinski definition) is 1. The van der Waals surface area contributed by atoms with E-state index in [0.29, 0.717) is 6.42 Å². The van der Waals surface area contributed by atoms with E-state index in [1.165, 1.54) is 12.8 Å². The van der Waals surface area contributed by atoms with Gasteiger partial charge in [-0.1, -0.05) is 25.8 Å². The predicted molar refractivity (Wildman–Crippen MR) is 65.1 cm³/mol. The van der Waals surface area contributed by atoms with Gasteiger partial charge in [0.05, 0.1) is 0 Å². The number of hydrogen-bond acceptors (Lipinski definition) is 2. The second kappa shape index (κ2) is 7.85. The third-order valence-corrected chi connectivity index (χ3v) is 2.44. The predicted octanol–water partition coefficient (Wildman–Crippen LogP) is 2.32. The average molecular weight is 220 g/mol. The fourth-order valence-corrected chi connectivity index (χ4v) is 1.48. The molecular formula is C13H20N2O. The van der Waals surface area contributed by atoms with Crippen LogP contribution in [0.4, 0.5) is 0 Å². The molecule has 0 saturated carbocycles. The molecule has 0 fully saturated rings. The Morgan fingerprint density at radius 3 is 2.94 bits per heavy atom. The molecule has 0 bridgehead atoms. The number of rotatable bonds is 7. The zero-order valence-electron chi connectivity index (χ0n) is 9.91. The fraction of sp³-hybridized carbons (Fsp3) is 0.538. The molecule has 3 heteroatoms. The number of carbonyl (C=O) groups is 1. The van der Waals surface area contributed by atoms with Gasteiger partial charge < -0.3 is 5.32 Å². The summed E-state index contributed by atoms with van der Waals surface area (Å²) in [5.41, 5.74) is 0.978. The van der Waals surface area contributed by atoms with Crippen LogP contribution in [0.1, 0.15) is 38.3 Å². The Morgan fingerprint density at radius 1 is 1.38 bits per heavy atom. The molecule has 16 heavy (non-hydrogen) atoms. The summed E-state index contributed by atoms with van der Waals surface area (Å²) >= 11 is 0. The van der Waals surface area contributed by atoms with Crippen molar-refractivity contribution in [2.24, 2.45) is 0 Å². The Kier molecular flexibility index (Phi) is 6.23. The Hall–Kier alpha value is -1.38. The van der Waals surface area contributed by atoms with Crippen molar-refractivity contribution >= 4 is 5.91 Å². The minimum absolute atomic E-state index is 0.127. The van der Waals surface area contributed by atoms with Crippen molar-refractivity contribution in [3.05, 3.63) is 30.1 Å². The zero-order valence-corrected chi connectivity index (χ0v) is 9.91. The van der Waals surface area contributed by atoms with E-state index in [9.17, 15) is 4.79 Å². The molecule has 0 radical (unpaired) electrons. The lowest BCUT2D eigenvalue weighted by molar-refractivity contribution is -0.121. The van der Waals surface area contributed by atoms with E-state index in [1.54, 1.807) is 6.20 Å². The van der Waals surface area contributed by atoms with E-state index in [2.05, 4.69) is 17.2 Å². The summed E-state index contributed by atoms with van der Waals surface area (Å²) in [4.78, 5) is 15.6. The number of amides is 1. The molecule has 1 aromatic heterocycles. The molecule has 0 atom stereocenters. The molecule has 0 saturated heterocycles. The van der Waals surface area contributed by atoms with Gasteiger partial charge >= 0.3 is 0 Å². The Balaban J connectivity index is 2.11. The summed E-state index contributed by atoms with van der Waals surface area (Å²) in [6.07, 6.45) is 6.45. The van der Waals surface area contributed by atoms with Crippen molar-refractivity contribution in [3.63, 3.8) is 0 Å². The van der Waals surface area contributed by atoms with E-state index in [0.717, 1.165) is 25.1 Å². The normalized spacial score (nSPS) is 10.1. The van der Waals surface area contributed by atoms with Gasteiger partial charge in [-0.3, -0.25) is 9.78 Å². The first-order chi connectivity index (χ1) is 7.83. The molecule has 3 nitrogen and oxygen atoms in total. The van der Waals surface area contributed by atoms with E-state index in [1.807, 2.05) is 18.2 Å². The first-order valence-corrected chi connectivity index (χ1v) is 5.99. The van der Waals surface area contributed by atoms with Gasteiger partial charge in [-0.15, -0.1) is 0 Å². The van der Waals surface area contributed by atoms with Gasteiger partial charge in [0.25, 0.3) is 0 Å². The summed E-state index contributed by atoms with van der Waals surface area (Å²) in [5, 5.41) is 2.92. The molecule has 1 N–H and O–H groups in total. The summed E-state index contributed by atoms with van der Waals surface area (Å²) < 4.78 is 0. The number of carbonyl (C=O) groups excluding carboxylic acids is 1. The maximum absolute atomic E-state index is 11.4. The molecule has 0 spiro atoms. The van der Waals surface area contributed by atoms with Gasteiger partial charge in [0.1, 0.15) is 0 Å². The Labute approximate surface area is 97.3 Å². The van der Waals surface area contributed by atoms with Crippen molar-refractivity contribution < 1.29 is 4.79 Å². The van der Waals surface area contributed by atoms with Gasteiger partial charge in [-0.25, -0.2) is 0 Å². The summed E-state index contributed by atoms with van der Waals surface area (Å²) in [7, 11) is 0. The molecule has 0 aliphatic carbocycles. The summed E-state index contributed by atoms with van der Waals surface area (Å²) in [6.45, 7) is 2.96. The lowest BCUT2D eigenvalue weighted by Crippen LogP contribution is -2.24. The van der Waals surface area contributed by atoms with Gasteiger partial charge in [0.15, 0.2) is 0 Å². The second-order valence-corrected chi connectivity index (χ2v) is 3.88. The third-order valence-electron chi connectivity index (χ3n) is 2.44. The summed E-state index contributed by atoms with van der Waals surface area (Å²) in [6, 6.07) is 5.78. The monoisotopic (exact) mass is 220 g/mol. The van der Waals surface area contributed by atoms with Crippen molar-refractivity contribution in [2.75, 3.05) is 6.54 Å². The Morgan fingerprint density at radius 2 is 2.25 bits per heavy atom. The molecule has 0 aromatic carbocycles. The number of aromatic nitrogens is 1. The van der Waals surface area contributed by atoms with Crippen LogP contribution in [0, 0.1) is 0 Å². The van der Waals surface area contributed by atoms with Crippen LogP contribution in [-0.2, 0) is 11.2 Å². The molecule has 1 heterocycles. The lowest BCUT2D eigenvalue weighted by atomic mass is 10.2. The number of unbranched alkanes of at least 4 members (excludes halogenated alkanes) is 2. The molecule has 0 unspecified atom stereocenters. The van der Waals surface area contributed by atoms with Crippen LogP contribution in [0.3, 0.4) is 0 Å². The smallest absolute Gasteiger partial charge is 0.220 e.